The summed E-state index contributed by atoms with van der Waals surface area (Å²) in [5, 5.41) is 14.3. The molecule has 0 aliphatic rings. The van der Waals surface area contributed by atoms with Gasteiger partial charge >= 0.3 is 5.97 Å². The SMILES string of the molecule is CC(=O)NCCN(C(=O)C(C)NC(=O)CC(C)(C)C)C(C)C(=O)O. The quantitative estimate of drug-likeness (QED) is 0.589. The number of carbonyl (C=O) groups excluding carboxylic acids is 3. The molecule has 2 atom stereocenters. The monoisotopic (exact) mass is 343 g/mol. The first kappa shape index (κ1) is 21.9. The molecule has 0 heterocycles. The van der Waals surface area contributed by atoms with Gasteiger partial charge in [-0.2, -0.15) is 0 Å². The fourth-order valence-electron chi connectivity index (χ4n) is 2.07. The van der Waals surface area contributed by atoms with E-state index in [4.69, 9.17) is 5.11 Å². The number of rotatable bonds is 8. The number of hydrogen-bond acceptors (Lipinski definition) is 4. The van der Waals surface area contributed by atoms with Crippen LogP contribution in [0.4, 0.5) is 0 Å². The average molecular weight is 343 g/mol. The maximum Gasteiger partial charge on any atom is 0.326 e. The smallest absolute Gasteiger partial charge is 0.326 e. The summed E-state index contributed by atoms with van der Waals surface area (Å²) in [6.07, 6.45) is 0.255. The van der Waals surface area contributed by atoms with Crippen molar-refractivity contribution in [3.8, 4) is 0 Å². The highest BCUT2D eigenvalue weighted by Crippen LogP contribution is 2.18. The number of nitrogens with one attached hydrogen (secondary N) is 2. The molecular weight excluding hydrogens is 314 g/mol. The minimum Gasteiger partial charge on any atom is -0.480 e. The molecule has 138 valence electrons. The Morgan fingerprint density at radius 3 is 2.08 bits per heavy atom. The molecule has 8 heteroatoms. The lowest BCUT2D eigenvalue weighted by Crippen LogP contribution is -2.54. The summed E-state index contributed by atoms with van der Waals surface area (Å²) < 4.78 is 0. The number of carboxylic acid groups (broad SMARTS) is 1. The van der Waals surface area contributed by atoms with Crippen molar-refractivity contribution < 1.29 is 24.3 Å². The van der Waals surface area contributed by atoms with Gasteiger partial charge in [0.25, 0.3) is 0 Å². The fraction of sp³-hybridized carbons (Fsp3) is 0.750. The molecule has 0 saturated heterocycles. The normalized spacial score (nSPS) is 13.6. The summed E-state index contributed by atoms with van der Waals surface area (Å²) in [5.74, 6) is -2.19. The molecule has 3 amide bonds. The summed E-state index contributed by atoms with van der Waals surface area (Å²) in [6.45, 7) is 10.2. The first-order chi connectivity index (χ1) is 10.8. The Kier molecular flexibility index (Phi) is 8.43. The molecular formula is C16H29N3O5. The molecule has 3 N–H and O–H groups in total. The molecule has 2 unspecified atom stereocenters. The van der Waals surface area contributed by atoms with Crippen LogP contribution in [0.2, 0.25) is 0 Å². The van der Waals surface area contributed by atoms with Crippen LogP contribution in [-0.4, -0.2) is 58.9 Å². The number of amides is 3. The van der Waals surface area contributed by atoms with Gasteiger partial charge < -0.3 is 20.6 Å². The third-order valence-electron chi connectivity index (χ3n) is 3.27. The highest BCUT2D eigenvalue weighted by molar-refractivity contribution is 5.90. The molecule has 0 spiro atoms. The van der Waals surface area contributed by atoms with Gasteiger partial charge in [-0.05, 0) is 19.3 Å². The maximum absolute atomic E-state index is 12.5. The molecule has 24 heavy (non-hydrogen) atoms. The molecule has 0 aliphatic carbocycles. The zero-order valence-corrected chi connectivity index (χ0v) is 15.3. The van der Waals surface area contributed by atoms with Crippen molar-refractivity contribution in [3.63, 3.8) is 0 Å². The largest absolute Gasteiger partial charge is 0.480 e. The number of carbonyl (C=O) groups is 4. The predicted molar refractivity (Wildman–Crippen MR) is 89.2 cm³/mol. The van der Waals surface area contributed by atoms with Gasteiger partial charge in [0.05, 0.1) is 0 Å². The van der Waals surface area contributed by atoms with E-state index < -0.39 is 24.0 Å². The van der Waals surface area contributed by atoms with Gasteiger partial charge in [0.1, 0.15) is 12.1 Å². The summed E-state index contributed by atoms with van der Waals surface area (Å²) in [4.78, 5) is 47.7. The van der Waals surface area contributed by atoms with Gasteiger partial charge in [-0.15, -0.1) is 0 Å². The Labute approximate surface area is 143 Å². The third kappa shape index (κ3) is 8.50. The summed E-state index contributed by atoms with van der Waals surface area (Å²) >= 11 is 0. The Hall–Kier alpha value is -2.12. The van der Waals surface area contributed by atoms with Crippen LogP contribution in [0, 0.1) is 5.41 Å². The van der Waals surface area contributed by atoms with E-state index in [9.17, 15) is 19.2 Å². The molecule has 0 aromatic rings. The van der Waals surface area contributed by atoms with E-state index in [1.54, 1.807) is 0 Å². The Bertz CT molecular complexity index is 485. The van der Waals surface area contributed by atoms with Crippen molar-refractivity contribution in [2.24, 2.45) is 5.41 Å². The molecule has 8 nitrogen and oxygen atoms in total. The van der Waals surface area contributed by atoms with E-state index in [0.717, 1.165) is 4.90 Å². The number of hydrogen-bond donors (Lipinski definition) is 3. The van der Waals surface area contributed by atoms with Gasteiger partial charge in [-0.1, -0.05) is 20.8 Å². The fourth-order valence-corrected chi connectivity index (χ4v) is 2.07. The third-order valence-corrected chi connectivity index (χ3v) is 3.27. The van der Waals surface area contributed by atoms with Crippen LogP contribution >= 0.6 is 0 Å². The second-order valence-corrected chi connectivity index (χ2v) is 7.06. The van der Waals surface area contributed by atoms with Gasteiger partial charge in [0.2, 0.25) is 17.7 Å². The van der Waals surface area contributed by atoms with Crippen molar-refractivity contribution in [2.75, 3.05) is 13.1 Å². The van der Waals surface area contributed by atoms with Crippen molar-refractivity contribution >= 4 is 23.7 Å². The Morgan fingerprint density at radius 1 is 1.12 bits per heavy atom. The Morgan fingerprint density at radius 2 is 1.67 bits per heavy atom. The van der Waals surface area contributed by atoms with Crippen LogP contribution in [0.5, 0.6) is 0 Å². The van der Waals surface area contributed by atoms with Crippen LogP contribution in [0.1, 0.15) is 48.0 Å². The molecule has 0 rings (SSSR count). The minimum absolute atomic E-state index is 0.0470. The second kappa shape index (κ2) is 9.24. The van der Waals surface area contributed by atoms with Gasteiger partial charge in [-0.25, -0.2) is 4.79 Å². The van der Waals surface area contributed by atoms with Gasteiger partial charge in [-0.3, -0.25) is 14.4 Å². The standard InChI is InChI=1S/C16H29N3O5/c1-10(18-13(21)9-16(4,5)6)14(22)19(11(2)15(23)24)8-7-17-12(3)20/h10-11H,7-9H2,1-6H3,(H,17,20)(H,18,21)(H,23,24). The topological polar surface area (TPSA) is 116 Å². The lowest BCUT2D eigenvalue weighted by atomic mass is 9.92. The molecule has 0 radical (unpaired) electrons. The average Bonchev–Trinajstić information content (AvgIpc) is 2.39. The second-order valence-electron chi connectivity index (χ2n) is 7.06. The van der Waals surface area contributed by atoms with Crippen molar-refractivity contribution in [2.45, 2.75) is 60.0 Å². The molecule has 0 aromatic carbocycles. The molecule has 0 aromatic heterocycles. The van der Waals surface area contributed by atoms with Gasteiger partial charge in [0, 0.05) is 26.4 Å². The summed E-state index contributed by atoms with van der Waals surface area (Å²) in [7, 11) is 0. The number of nitrogens with zero attached hydrogens (tertiary/aromatic N) is 1. The van der Waals surface area contributed by atoms with E-state index in [0.29, 0.717) is 0 Å². The highest BCUT2D eigenvalue weighted by Gasteiger charge is 2.30. The number of aliphatic carboxylic acids is 1. The first-order valence-electron chi connectivity index (χ1n) is 7.92. The molecule has 0 fully saturated rings. The van der Waals surface area contributed by atoms with Crippen LogP contribution in [-0.2, 0) is 19.2 Å². The van der Waals surface area contributed by atoms with Crippen LogP contribution in [0.15, 0.2) is 0 Å². The van der Waals surface area contributed by atoms with Crippen molar-refractivity contribution in [1.29, 1.82) is 0 Å². The van der Waals surface area contributed by atoms with Crippen molar-refractivity contribution in [1.82, 2.24) is 15.5 Å². The van der Waals surface area contributed by atoms with Crippen LogP contribution in [0.25, 0.3) is 0 Å². The predicted octanol–water partition coefficient (Wildman–Crippen LogP) is 0.365. The minimum atomic E-state index is -1.15. The van der Waals surface area contributed by atoms with E-state index in [-0.39, 0.29) is 36.7 Å². The zero-order chi connectivity index (χ0) is 19.1. The maximum atomic E-state index is 12.5. The Balaban J connectivity index is 4.91. The van der Waals surface area contributed by atoms with Crippen LogP contribution < -0.4 is 10.6 Å². The van der Waals surface area contributed by atoms with E-state index in [2.05, 4.69) is 10.6 Å². The highest BCUT2D eigenvalue weighted by atomic mass is 16.4. The van der Waals surface area contributed by atoms with E-state index in [1.807, 2.05) is 20.8 Å². The van der Waals surface area contributed by atoms with Crippen molar-refractivity contribution in [3.05, 3.63) is 0 Å². The summed E-state index contributed by atoms with van der Waals surface area (Å²) in [5.41, 5.74) is -0.216. The summed E-state index contributed by atoms with van der Waals surface area (Å²) in [6, 6.07) is -1.91. The molecule has 0 bridgehead atoms. The zero-order valence-electron chi connectivity index (χ0n) is 15.3. The lowest BCUT2D eigenvalue weighted by Gasteiger charge is -2.30. The van der Waals surface area contributed by atoms with Gasteiger partial charge in [0.15, 0.2) is 0 Å². The molecule has 0 saturated carbocycles. The molecule has 0 aliphatic heterocycles. The van der Waals surface area contributed by atoms with E-state index in [1.165, 1.54) is 20.8 Å². The lowest BCUT2D eigenvalue weighted by molar-refractivity contribution is -0.150. The van der Waals surface area contributed by atoms with Crippen LogP contribution in [0.3, 0.4) is 0 Å². The van der Waals surface area contributed by atoms with E-state index >= 15 is 0 Å². The first-order valence-corrected chi connectivity index (χ1v) is 7.92. The number of carboxylic acids is 1.